The van der Waals surface area contributed by atoms with Crippen molar-refractivity contribution in [3.8, 4) is 0 Å². The van der Waals surface area contributed by atoms with Crippen LogP contribution in [0.25, 0.3) is 10.1 Å². The first-order valence-corrected chi connectivity index (χ1v) is 5.59. The van der Waals surface area contributed by atoms with Gasteiger partial charge in [0, 0.05) is 9.58 Å². The molecule has 0 aliphatic carbocycles. The minimum absolute atomic E-state index is 0.130. The van der Waals surface area contributed by atoms with Crippen LogP contribution in [0.2, 0.25) is 0 Å². The lowest BCUT2D eigenvalue weighted by molar-refractivity contribution is 0.849. The first-order chi connectivity index (χ1) is 6.81. The number of fused-ring (bicyclic) bond motifs is 1. The summed E-state index contributed by atoms with van der Waals surface area (Å²) in [5, 5.41) is 3.70. The quantitative estimate of drug-likeness (QED) is 0.548. The van der Waals surface area contributed by atoms with Crippen LogP contribution in [0, 0.1) is 0 Å². The van der Waals surface area contributed by atoms with E-state index in [0.717, 1.165) is 0 Å². The van der Waals surface area contributed by atoms with Gasteiger partial charge >= 0.3 is 0 Å². The van der Waals surface area contributed by atoms with Crippen molar-refractivity contribution in [2.45, 2.75) is 13.0 Å². The van der Waals surface area contributed by atoms with Crippen molar-refractivity contribution < 1.29 is 0 Å². The van der Waals surface area contributed by atoms with Gasteiger partial charge in [-0.25, -0.2) is 4.99 Å². The molecule has 70 valence electrons. The van der Waals surface area contributed by atoms with Gasteiger partial charge in [-0.3, -0.25) is 0 Å². The Morgan fingerprint density at radius 1 is 1.43 bits per heavy atom. The van der Waals surface area contributed by atoms with Gasteiger partial charge in [0.1, 0.15) is 0 Å². The summed E-state index contributed by atoms with van der Waals surface area (Å²) >= 11 is 6.36. The Balaban J connectivity index is 2.49. The molecule has 0 aliphatic heterocycles. The van der Waals surface area contributed by atoms with Gasteiger partial charge in [-0.05, 0) is 36.7 Å². The van der Waals surface area contributed by atoms with Gasteiger partial charge in [-0.2, -0.15) is 0 Å². The zero-order chi connectivity index (χ0) is 9.97. The Labute approximate surface area is 92.1 Å². The minimum atomic E-state index is 0.130. The molecule has 0 fully saturated rings. The molecule has 2 rings (SSSR count). The van der Waals surface area contributed by atoms with E-state index >= 15 is 0 Å². The van der Waals surface area contributed by atoms with E-state index in [1.165, 1.54) is 15.0 Å². The maximum atomic E-state index is 4.60. The molecule has 3 heteroatoms. The molecule has 2 aromatic rings. The lowest BCUT2D eigenvalue weighted by Crippen LogP contribution is -1.81. The molecule has 1 atom stereocenters. The standard InChI is InChI=1S/C11H9NS2/c1-8(12-7-13)11-6-9-4-2-3-5-10(9)14-11/h2-6,8H,1H3. The van der Waals surface area contributed by atoms with E-state index in [-0.39, 0.29) is 6.04 Å². The van der Waals surface area contributed by atoms with Crippen molar-refractivity contribution in [3.63, 3.8) is 0 Å². The number of isothiocyanates is 1. The summed E-state index contributed by atoms with van der Waals surface area (Å²) in [7, 11) is 0. The second kappa shape index (κ2) is 4.01. The number of thiocarbonyl (C=S) groups is 1. The third-order valence-corrected chi connectivity index (χ3v) is 3.49. The van der Waals surface area contributed by atoms with Gasteiger partial charge in [0.05, 0.1) is 11.2 Å². The van der Waals surface area contributed by atoms with Crippen molar-refractivity contribution >= 4 is 38.8 Å². The molecule has 0 saturated carbocycles. The van der Waals surface area contributed by atoms with Crippen LogP contribution >= 0.6 is 23.6 Å². The van der Waals surface area contributed by atoms with E-state index in [0.29, 0.717) is 0 Å². The van der Waals surface area contributed by atoms with E-state index in [9.17, 15) is 0 Å². The van der Waals surface area contributed by atoms with Crippen LogP contribution in [0.1, 0.15) is 17.8 Å². The van der Waals surface area contributed by atoms with E-state index in [2.05, 4.69) is 46.6 Å². The molecule has 0 radical (unpaired) electrons. The maximum absolute atomic E-state index is 4.60. The lowest BCUT2D eigenvalue weighted by Gasteiger charge is -1.97. The van der Waals surface area contributed by atoms with Gasteiger partial charge in [-0.15, -0.1) is 11.3 Å². The van der Waals surface area contributed by atoms with Crippen LogP contribution in [0.15, 0.2) is 35.3 Å². The molecule has 1 nitrogen and oxygen atoms in total. The third-order valence-electron chi connectivity index (χ3n) is 2.10. The summed E-state index contributed by atoms with van der Waals surface area (Å²) < 4.78 is 1.30. The van der Waals surface area contributed by atoms with Crippen LogP contribution in [0.5, 0.6) is 0 Å². The highest BCUT2D eigenvalue weighted by molar-refractivity contribution is 7.78. The summed E-state index contributed by atoms with van der Waals surface area (Å²) in [5.41, 5.74) is 0. The molecule has 0 amide bonds. The predicted molar refractivity (Wildman–Crippen MR) is 65.3 cm³/mol. The van der Waals surface area contributed by atoms with Gasteiger partial charge in [-0.1, -0.05) is 18.2 Å². The second-order valence-electron chi connectivity index (χ2n) is 3.08. The van der Waals surface area contributed by atoms with Crippen LogP contribution in [-0.2, 0) is 0 Å². The molecule has 0 N–H and O–H groups in total. The summed E-state index contributed by atoms with van der Waals surface area (Å²) in [6.45, 7) is 2.03. The topological polar surface area (TPSA) is 12.4 Å². The fraction of sp³-hybridized carbons (Fsp3) is 0.182. The Morgan fingerprint density at radius 2 is 2.21 bits per heavy atom. The average molecular weight is 219 g/mol. The highest BCUT2D eigenvalue weighted by atomic mass is 32.1. The summed E-state index contributed by atoms with van der Waals surface area (Å²) in [4.78, 5) is 5.30. The smallest absolute Gasteiger partial charge is 0.0916 e. The molecular formula is C11H9NS2. The minimum Gasteiger partial charge on any atom is -0.224 e. The molecule has 1 aromatic heterocycles. The number of hydrogen-bond acceptors (Lipinski definition) is 3. The van der Waals surface area contributed by atoms with Gasteiger partial charge in [0.2, 0.25) is 0 Å². The number of rotatable bonds is 2. The number of thiophene rings is 1. The highest BCUT2D eigenvalue weighted by Gasteiger charge is 2.06. The van der Waals surface area contributed by atoms with E-state index < -0.39 is 0 Å². The van der Waals surface area contributed by atoms with Gasteiger partial charge in [0.15, 0.2) is 0 Å². The SMILES string of the molecule is CC(N=C=S)c1cc2ccccc2s1. The van der Waals surface area contributed by atoms with E-state index in [1.807, 2.05) is 13.0 Å². The van der Waals surface area contributed by atoms with Crippen molar-refractivity contribution in [2.24, 2.45) is 4.99 Å². The Hall–Kier alpha value is -1.02. The molecule has 0 bridgehead atoms. The summed E-state index contributed by atoms with van der Waals surface area (Å²) in [6, 6.07) is 10.6. The number of hydrogen-bond donors (Lipinski definition) is 0. The zero-order valence-electron chi connectivity index (χ0n) is 7.73. The first-order valence-electron chi connectivity index (χ1n) is 4.36. The Bertz CT molecular complexity index is 462. The number of benzene rings is 1. The predicted octanol–water partition coefficient (Wildman–Crippen LogP) is 4.07. The van der Waals surface area contributed by atoms with Crippen molar-refractivity contribution in [1.29, 1.82) is 0 Å². The normalized spacial score (nSPS) is 12.4. The fourth-order valence-corrected chi connectivity index (χ4v) is 2.56. The molecular weight excluding hydrogens is 210 g/mol. The van der Waals surface area contributed by atoms with Crippen LogP contribution in [-0.4, -0.2) is 5.16 Å². The molecule has 0 aliphatic rings. The van der Waals surface area contributed by atoms with Crippen molar-refractivity contribution in [3.05, 3.63) is 35.2 Å². The summed E-state index contributed by atoms with van der Waals surface area (Å²) in [6.07, 6.45) is 0. The van der Waals surface area contributed by atoms with Crippen molar-refractivity contribution in [2.75, 3.05) is 0 Å². The molecule has 1 aromatic carbocycles. The third kappa shape index (κ3) is 1.75. The Kier molecular flexibility index (Phi) is 2.73. The fourth-order valence-electron chi connectivity index (χ4n) is 1.35. The van der Waals surface area contributed by atoms with Crippen LogP contribution < -0.4 is 0 Å². The molecule has 0 saturated heterocycles. The Morgan fingerprint density at radius 3 is 2.93 bits per heavy atom. The molecule has 14 heavy (non-hydrogen) atoms. The highest BCUT2D eigenvalue weighted by Crippen LogP contribution is 2.30. The van der Waals surface area contributed by atoms with E-state index in [4.69, 9.17) is 0 Å². The average Bonchev–Trinajstić information content (AvgIpc) is 2.61. The second-order valence-corrected chi connectivity index (χ2v) is 4.38. The molecule has 1 heterocycles. The zero-order valence-corrected chi connectivity index (χ0v) is 9.36. The van der Waals surface area contributed by atoms with E-state index in [1.54, 1.807) is 11.3 Å². The largest absolute Gasteiger partial charge is 0.224 e. The van der Waals surface area contributed by atoms with Gasteiger partial charge < -0.3 is 0 Å². The summed E-state index contributed by atoms with van der Waals surface area (Å²) in [5.74, 6) is 0. The van der Waals surface area contributed by atoms with Gasteiger partial charge in [0.25, 0.3) is 0 Å². The number of aliphatic imine (C=N–C) groups is 1. The molecule has 0 spiro atoms. The number of nitrogens with zero attached hydrogens (tertiary/aromatic N) is 1. The monoisotopic (exact) mass is 219 g/mol. The van der Waals surface area contributed by atoms with Crippen LogP contribution in [0.4, 0.5) is 0 Å². The molecule has 1 unspecified atom stereocenters. The van der Waals surface area contributed by atoms with Crippen LogP contribution in [0.3, 0.4) is 0 Å². The lowest BCUT2D eigenvalue weighted by atomic mass is 10.2. The maximum Gasteiger partial charge on any atom is 0.0916 e. The van der Waals surface area contributed by atoms with Crippen molar-refractivity contribution in [1.82, 2.24) is 0 Å². The first kappa shape index (κ1) is 9.53.